The summed E-state index contributed by atoms with van der Waals surface area (Å²) in [7, 11) is -1.68. The number of furan rings is 1. The van der Waals surface area contributed by atoms with Crippen molar-refractivity contribution in [2.45, 2.75) is 11.8 Å². The number of ether oxygens (including phenoxy) is 2. The number of carboxylic acids is 1. The van der Waals surface area contributed by atoms with E-state index in [0.29, 0.717) is 10.9 Å². The number of carbonyl (C=O) groups is 2. The van der Waals surface area contributed by atoms with E-state index in [4.69, 9.17) is 13.9 Å². The van der Waals surface area contributed by atoms with Crippen LogP contribution in [0.2, 0.25) is 0 Å². The lowest BCUT2D eigenvalue weighted by atomic mass is 10.0. The molecule has 0 bridgehead atoms. The number of aryl methyl sites for hydroxylation is 1. The molecule has 2 aromatic carbocycles. The van der Waals surface area contributed by atoms with Crippen LogP contribution in [0, 0.1) is 6.92 Å². The quantitative estimate of drug-likeness (QED) is 0.421. The molecule has 2 aromatic heterocycles. The van der Waals surface area contributed by atoms with Crippen LogP contribution in [-0.2, 0) is 14.8 Å². The molecule has 0 radical (unpaired) electrons. The molecule has 0 amide bonds. The van der Waals surface area contributed by atoms with Crippen LogP contribution in [0.5, 0.6) is 5.75 Å². The Morgan fingerprint density at radius 1 is 1.00 bits per heavy atom. The maximum Gasteiger partial charge on any atom is 0.375 e. The van der Waals surface area contributed by atoms with Gasteiger partial charge in [0.15, 0.2) is 5.75 Å². The van der Waals surface area contributed by atoms with E-state index < -0.39 is 33.5 Å². The van der Waals surface area contributed by atoms with Crippen molar-refractivity contribution in [1.82, 2.24) is 3.97 Å². The third kappa shape index (κ3) is 3.54. The molecule has 0 fully saturated rings. The van der Waals surface area contributed by atoms with E-state index in [2.05, 4.69) is 0 Å². The van der Waals surface area contributed by atoms with Crippen molar-refractivity contribution in [2.24, 2.45) is 0 Å². The van der Waals surface area contributed by atoms with Crippen molar-refractivity contribution in [2.75, 3.05) is 14.2 Å². The van der Waals surface area contributed by atoms with Crippen LogP contribution in [0.25, 0.3) is 22.0 Å². The maximum atomic E-state index is 13.5. The van der Waals surface area contributed by atoms with E-state index in [0.717, 1.165) is 16.6 Å². The normalized spacial score (nSPS) is 11.5. The molecule has 33 heavy (non-hydrogen) atoms. The van der Waals surface area contributed by atoms with E-state index in [9.17, 15) is 23.1 Å². The second-order valence-electron chi connectivity index (χ2n) is 7.14. The first kappa shape index (κ1) is 22.2. The number of aromatic nitrogens is 1. The molecular formula is C23H19NO8S. The minimum Gasteiger partial charge on any atom is -0.492 e. The van der Waals surface area contributed by atoms with Gasteiger partial charge in [0.25, 0.3) is 15.8 Å². The Balaban J connectivity index is 2.07. The zero-order chi connectivity index (χ0) is 23.9. The summed E-state index contributed by atoms with van der Waals surface area (Å²) in [4.78, 5) is 24.2. The Morgan fingerprint density at radius 3 is 2.27 bits per heavy atom. The predicted molar refractivity (Wildman–Crippen MR) is 118 cm³/mol. The van der Waals surface area contributed by atoms with E-state index in [1.807, 2.05) is 6.92 Å². The third-order valence-electron chi connectivity index (χ3n) is 5.16. The van der Waals surface area contributed by atoms with Gasteiger partial charge in [-0.2, -0.15) is 0 Å². The van der Waals surface area contributed by atoms with Crippen molar-refractivity contribution < 1.29 is 37.0 Å². The van der Waals surface area contributed by atoms with Crippen LogP contribution in [0.1, 0.15) is 26.7 Å². The molecule has 0 unspecified atom stereocenters. The Morgan fingerprint density at radius 2 is 1.67 bits per heavy atom. The number of hydrogen-bond donors (Lipinski definition) is 1. The van der Waals surface area contributed by atoms with Gasteiger partial charge in [-0.25, -0.2) is 22.0 Å². The molecule has 0 spiro atoms. The van der Waals surface area contributed by atoms with Crippen LogP contribution < -0.4 is 4.74 Å². The number of esters is 1. The van der Waals surface area contributed by atoms with Gasteiger partial charge >= 0.3 is 11.9 Å². The largest absolute Gasteiger partial charge is 0.492 e. The number of carboxylic acid groups (broad SMARTS) is 1. The average molecular weight is 469 g/mol. The molecule has 0 aliphatic carbocycles. The molecule has 10 heteroatoms. The average Bonchev–Trinajstić information content (AvgIpc) is 3.38. The number of nitrogens with zero attached hydrogens (tertiary/aromatic N) is 1. The van der Waals surface area contributed by atoms with Gasteiger partial charge < -0.3 is 19.0 Å². The summed E-state index contributed by atoms with van der Waals surface area (Å²) in [5, 5.41) is 9.97. The highest BCUT2D eigenvalue weighted by Crippen LogP contribution is 2.43. The fraction of sp³-hybridized carbons (Fsp3) is 0.130. The molecule has 0 saturated heterocycles. The van der Waals surface area contributed by atoms with Crippen molar-refractivity contribution in [3.63, 3.8) is 0 Å². The van der Waals surface area contributed by atoms with Crippen LogP contribution in [0.3, 0.4) is 0 Å². The topological polar surface area (TPSA) is 125 Å². The highest BCUT2D eigenvalue weighted by molar-refractivity contribution is 7.90. The van der Waals surface area contributed by atoms with Gasteiger partial charge in [-0.05, 0) is 25.1 Å². The fourth-order valence-corrected chi connectivity index (χ4v) is 4.97. The van der Waals surface area contributed by atoms with Gasteiger partial charge in [0.2, 0.25) is 5.76 Å². The van der Waals surface area contributed by atoms with E-state index in [1.165, 1.54) is 25.4 Å². The maximum absolute atomic E-state index is 13.5. The van der Waals surface area contributed by atoms with Gasteiger partial charge in [-0.1, -0.05) is 35.9 Å². The Hall–Kier alpha value is -4.05. The second kappa shape index (κ2) is 8.14. The van der Waals surface area contributed by atoms with Crippen LogP contribution >= 0.6 is 0 Å². The van der Waals surface area contributed by atoms with Crippen molar-refractivity contribution in [3.8, 4) is 16.9 Å². The first-order valence-electron chi connectivity index (χ1n) is 9.65. The SMILES string of the molecule is COC(=O)c1oc(C(=O)O)c(OC)c1-c1cn(S(=O)(=O)c2ccc(C)cc2)c2ccccc12. The summed E-state index contributed by atoms with van der Waals surface area (Å²) in [5.41, 5.74) is 1.44. The van der Waals surface area contributed by atoms with Crippen molar-refractivity contribution >= 4 is 32.9 Å². The summed E-state index contributed by atoms with van der Waals surface area (Å²) < 4.78 is 43.3. The van der Waals surface area contributed by atoms with Gasteiger partial charge in [-0.15, -0.1) is 0 Å². The van der Waals surface area contributed by atoms with Crippen LogP contribution in [0.15, 0.2) is 64.0 Å². The number of para-hydroxylation sites is 1. The molecule has 1 N–H and O–H groups in total. The number of carbonyl (C=O) groups excluding carboxylic acids is 1. The first-order valence-corrected chi connectivity index (χ1v) is 11.1. The number of hydrogen-bond acceptors (Lipinski definition) is 7. The molecule has 0 atom stereocenters. The van der Waals surface area contributed by atoms with E-state index in [-0.39, 0.29) is 21.8 Å². The number of aromatic carboxylic acids is 1. The number of benzene rings is 2. The molecule has 4 rings (SSSR count). The lowest BCUT2D eigenvalue weighted by Crippen LogP contribution is -2.11. The Labute approximate surface area is 188 Å². The molecule has 9 nitrogen and oxygen atoms in total. The molecular weight excluding hydrogens is 450 g/mol. The minimum atomic E-state index is -4.02. The Kier molecular flexibility index (Phi) is 5.46. The standard InChI is InChI=1S/C23H19NO8S/c1-13-8-10-14(11-9-13)33(28,29)24-12-16(15-6-4-5-7-17(15)24)18-19(30-2)21(22(25)26)32-20(18)23(27)31-3/h4-12H,1-3H3,(H,25,26). The molecule has 170 valence electrons. The second-order valence-corrected chi connectivity index (χ2v) is 8.95. The lowest BCUT2D eigenvalue weighted by Gasteiger charge is -2.07. The molecule has 4 aromatic rings. The highest BCUT2D eigenvalue weighted by atomic mass is 32.2. The summed E-state index contributed by atoms with van der Waals surface area (Å²) in [6.07, 6.45) is 1.31. The first-order chi connectivity index (χ1) is 15.7. The summed E-state index contributed by atoms with van der Waals surface area (Å²) in [6.45, 7) is 1.85. The fourth-order valence-electron chi connectivity index (χ4n) is 3.60. The lowest BCUT2D eigenvalue weighted by molar-refractivity contribution is 0.0556. The summed E-state index contributed by atoms with van der Waals surface area (Å²) in [6, 6.07) is 13.0. The number of rotatable bonds is 6. The molecule has 2 heterocycles. The number of fused-ring (bicyclic) bond motifs is 1. The van der Waals surface area contributed by atoms with Gasteiger partial charge in [-0.3, -0.25) is 0 Å². The van der Waals surface area contributed by atoms with E-state index >= 15 is 0 Å². The molecule has 0 aliphatic heterocycles. The van der Waals surface area contributed by atoms with Crippen molar-refractivity contribution in [1.29, 1.82) is 0 Å². The molecule has 0 saturated carbocycles. The third-order valence-corrected chi connectivity index (χ3v) is 6.85. The summed E-state index contributed by atoms with van der Waals surface area (Å²) in [5.74, 6) is -3.64. The monoisotopic (exact) mass is 469 g/mol. The van der Waals surface area contributed by atoms with Crippen LogP contribution in [-0.4, -0.2) is 43.7 Å². The smallest absolute Gasteiger partial charge is 0.375 e. The zero-order valence-electron chi connectivity index (χ0n) is 17.9. The zero-order valence-corrected chi connectivity index (χ0v) is 18.7. The minimum absolute atomic E-state index is 0.0178. The number of methoxy groups -OCH3 is 2. The predicted octanol–water partition coefficient (Wildman–Crippen LogP) is 3.94. The van der Waals surface area contributed by atoms with Gasteiger partial charge in [0.1, 0.15) is 0 Å². The van der Waals surface area contributed by atoms with Crippen molar-refractivity contribution in [3.05, 3.63) is 71.8 Å². The van der Waals surface area contributed by atoms with Gasteiger partial charge in [0, 0.05) is 17.1 Å². The highest BCUT2D eigenvalue weighted by Gasteiger charge is 2.33. The Bertz CT molecular complexity index is 1490. The van der Waals surface area contributed by atoms with Crippen LogP contribution in [0.4, 0.5) is 0 Å². The molecule has 0 aliphatic rings. The van der Waals surface area contributed by atoms with Gasteiger partial charge in [0.05, 0.1) is 30.2 Å². The van der Waals surface area contributed by atoms with E-state index in [1.54, 1.807) is 36.4 Å². The summed E-state index contributed by atoms with van der Waals surface area (Å²) >= 11 is 0.